The Kier molecular flexibility index (Phi) is 7.84. The number of anilines is 3. The first-order chi connectivity index (χ1) is 18.1. The van der Waals surface area contributed by atoms with E-state index >= 15 is 0 Å². The summed E-state index contributed by atoms with van der Waals surface area (Å²) in [5, 5.41) is 6.08. The average molecular weight is 517 g/mol. The molecule has 1 heterocycles. The number of ether oxygens (including phenoxy) is 1. The van der Waals surface area contributed by atoms with Crippen LogP contribution in [-0.4, -0.2) is 56.9 Å². The van der Waals surface area contributed by atoms with Gasteiger partial charge in [-0.15, -0.1) is 11.8 Å². The lowest BCUT2D eigenvalue weighted by Crippen LogP contribution is -2.47. The number of nitrogens with one attached hydrogen (secondary N) is 2. The SMILES string of the molecule is COc1ccccc1N1CCN(c2ccc(NC(=O)CSc3ccccc3)cc2C(=O)NC2CC2)CC1. The summed E-state index contributed by atoms with van der Waals surface area (Å²) in [6.07, 6.45) is 2.04. The third kappa shape index (κ3) is 6.38. The zero-order valence-electron chi connectivity index (χ0n) is 21.0. The molecule has 0 radical (unpaired) electrons. The molecule has 0 unspecified atom stereocenters. The minimum Gasteiger partial charge on any atom is -0.495 e. The number of thioether (sulfide) groups is 1. The number of amides is 2. The van der Waals surface area contributed by atoms with Crippen molar-refractivity contribution in [3.05, 3.63) is 78.4 Å². The Bertz CT molecular complexity index is 1240. The van der Waals surface area contributed by atoms with Crippen molar-refractivity contribution in [3.8, 4) is 5.75 Å². The van der Waals surface area contributed by atoms with E-state index in [-0.39, 0.29) is 17.9 Å². The smallest absolute Gasteiger partial charge is 0.253 e. The second kappa shape index (κ2) is 11.6. The molecule has 2 amide bonds. The number of hydrogen-bond acceptors (Lipinski definition) is 6. The van der Waals surface area contributed by atoms with Gasteiger partial charge < -0.3 is 25.2 Å². The molecule has 2 aliphatic rings. The summed E-state index contributed by atoms with van der Waals surface area (Å²) in [6.45, 7) is 3.20. The van der Waals surface area contributed by atoms with E-state index in [0.717, 1.165) is 61.0 Å². The fraction of sp³-hybridized carbons (Fsp3) is 0.310. The molecule has 1 saturated carbocycles. The van der Waals surface area contributed by atoms with Crippen LogP contribution in [0.25, 0.3) is 0 Å². The summed E-state index contributed by atoms with van der Waals surface area (Å²) in [5.41, 5.74) is 3.22. The molecule has 0 spiro atoms. The molecule has 8 heteroatoms. The number of para-hydroxylation sites is 2. The maximum Gasteiger partial charge on any atom is 0.253 e. The Hall–Kier alpha value is -3.65. The van der Waals surface area contributed by atoms with Gasteiger partial charge in [-0.1, -0.05) is 30.3 Å². The van der Waals surface area contributed by atoms with Crippen LogP contribution in [0, 0.1) is 0 Å². The largest absolute Gasteiger partial charge is 0.495 e. The van der Waals surface area contributed by atoms with Crippen molar-refractivity contribution in [2.24, 2.45) is 0 Å². The lowest BCUT2D eigenvalue weighted by atomic mass is 10.1. The second-order valence-corrected chi connectivity index (χ2v) is 10.3. The van der Waals surface area contributed by atoms with Crippen LogP contribution in [0.15, 0.2) is 77.7 Å². The van der Waals surface area contributed by atoms with E-state index in [0.29, 0.717) is 17.0 Å². The van der Waals surface area contributed by atoms with Crippen molar-refractivity contribution in [1.82, 2.24) is 5.32 Å². The minimum atomic E-state index is -0.0967. The van der Waals surface area contributed by atoms with E-state index in [1.165, 1.54) is 11.8 Å². The van der Waals surface area contributed by atoms with Crippen LogP contribution in [0.5, 0.6) is 5.75 Å². The predicted octanol–water partition coefficient (Wildman–Crippen LogP) is 4.64. The van der Waals surface area contributed by atoms with Crippen molar-refractivity contribution in [2.75, 3.05) is 54.2 Å². The quantitative estimate of drug-likeness (QED) is 0.404. The van der Waals surface area contributed by atoms with Gasteiger partial charge >= 0.3 is 0 Å². The van der Waals surface area contributed by atoms with Gasteiger partial charge in [0.2, 0.25) is 5.91 Å². The molecule has 192 valence electrons. The van der Waals surface area contributed by atoms with Crippen molar-refractivity contribution < 1.29 is 14.3 Å². The van der Waals surface area contributed by atoms with Gasteiger partial charge in [0.05, 0.1) is 24.1 Å². The first-order valence-electron chi connectivity index (χ1n) is 12.7. The molecule has 0 bridgehead atoms. The number of nitrogens with zero attached hydrogens (tertiary/aromatic N) is 2. The van der Waals surface area contributed by atoms with Crippen LogP contribution in [0.2, 0.25) is 0 Å². The lowest BCUT2D eigenvalue weighted by Gasteiger charge is -2.38. The van der Waals surface area contributed by atoms with E-state index in [2.05, 4.69) is 26.5 Å². The Morgan fingerprint density at radius 2 is 1.57 bits per heavy atom. The van der Waals surface area contributed by atoms with Gasteiger partial charge in [0.15, 0.2) is 0 Å². The lowest BCUT2D eigenvalue weighted by molar-refractivity contribution is -0.113. The van der Waals surface area contributed by atoms with Gasteiger partial charge in [-0.2, -0.15) is 0 Å². The molecule has 1 saturated heterocycles. The Labute approximate surface area is 222 Å². The highest BCUT2D eigenvalue weighted by Gasteiger charge is 2.28. The van der Waals surface area contributed by atoms with Crippen LogP contribution in [0.4, 0.5) is 17.1 Å². The molecule has 3 aromatic carbocycles. The first kappa shape index (κ1) is 25.0. The third-order valence-corrected chi connectivity index (χ3v) is 7.61. The summed E-state index contributed by atoms with van der Waals surface area (Å²) in [7, 11) is 1.69. The molecule has 1 aliphatic carbocycles. The number of hydrogen-bond donors (Lipinski definition) is 2. The highest BCUT2D eigenvalue weighted by molar-refractivity contribution is 8.00. The first-order valence-corrected chi connectivity index (χ1v) is 13.6. The zero-order valence-corrected chi connectivity index (χ0v) is 21.8. The molecule has 7 nitrogen and oxygen atoms in total. The van der Waals surface area contributed by atoms with E-state index in [9.17, 15) is 9.59 Å². The Morgan fingerprint density at radius 1 is 0.892 bits per heavy atom. The molecule has 0 atom stereocenters. The molecular weight excluding hydrogens is 484 g/mol. The minimum absolute atomic E-state index is 0.0839. The van der Waals surface area contributed by atoms with Gasteiger partial charge in [0, 0.05) is 48.5 Å². The van der Waals surface area contributed by atoms with Gasteiger partial charge in [-0.25, -0.2) is 0 Å². The van der Waals surface area contributed by atoms with Crippen LogP contribution >= 0.6 is 11.8 Å². The summed E-state index contributed by atoms with van der Waals surface area (Å²) in [6, 6.07) is 23.8. The van der Waals surface area contributed by atoms with Crippen LogP contribution in [0.3, 0.4) is 0 Å². The maximum atomic E-state index is 13.2. The topological polar surface area (TPSA) is 73.9 Å². The summed E-state index contributed by atoms with van der Waals surface area (Å²) >= 11 is 1.49. The Balaban J connectivity index is 1.28. The number of piperazine rings is 1. The molecule has 3 aromatic rings. The predicted molar refractivity (Wildman–Crippen MR) is 150 cm³/mol. The van der Waals surface area contributed by atoms with Crippen molar-refractivity contribution in [1.29, 1.82) is 0 Å². The van der Waals surface area contributed by atoms with E-state index < -0.39 is 0 Å². The highest BCUT2D eigenvalue weighted by Crippen LogP contribution is 2.31. The molecule has 37 heavy (non-hydrogen) atoms. The van der Waals surface area contributed by atoms with E-state index in [1.807, 2.05) is 66.7 Å². The fourth-order valence-electron chi connectivity index (χ4n) is 4.50. The molecule has 1 aliphatic heterocycles. The number of methoxy groups -OCH3 is 1. The fourth-order valence-corrected chi connectivity index (χ4v) is 5.22. The normalized spacial score (nSPS) is 15.3. The summed E-state index contributed by atoms with van der Waals surface area (Å²) in [4.78, 5) is 31.4. The summed E-state index contributed by atoms with van der Waals surface area (Å²) < 4.78 is 5.55. The molecule has 5 rings (SSSR count). The van der Waals surface area contributed by atoms with Gasteiger partial charge in [-0.3, -0.25) is 9.59 Å². The van der Waals surface area contributed by atoms with Gasteiger partial charge in [0.1, 0.15) is 5.75 Å². The standard InChI is InChI=1S/C29H32N4O3S/c1-36-27-10-6-5-9-26(27)33-17-15-32(16-18-33)25-14-13-22(19-24(25)29(35)31-21-11-12-21)30-28(34)20-37-23-7-3-2-4-8-23/h2-10,13-14,19,21H,11-12,15-18,20H2,1H3,(H,30,34)(H,31,35). The van der Waals surface area contributed by atoms with Crippen LogP contribution in [-0.2, 0) is 4.79 Å². The van der Waals surface area contributed by atoms with Crippen molar-refractivity contribution in [3.63, 3.8) is 0 Å². The van der Waals surface area contributed by atoms with Crippen molar-refractivity contribution in [2.45, 2.75) is 23.8 Å². The molecule has 0 aromatic heterocycles. The number of rotatable bonds is 9. The number of carbonyl (C=O) groups excluding carboxylic acids is 2. The maximum absolute atomic E-state index is 13.2. The molecular formula is C29H32N4O3S. The van der Waals surface area contributed by atoms with E-state index in [4.69, 9.17) is 4.74 Å². The summed E-state index contributed by atoms with van der Waals surface area (Å²) in [5.74, 6) is 0.992. The highest BCUT2D eigenvalue weighted by atomic mass is 32.2. The number of benzene rings is 3. The zero-order chi connectivity index (χ0) is 25.6. The third-order valence-electron chi connectivity index (χ3n) is 6.60. The second-order valence-electron chi connectivity index (χ2n) is 9.28. The van der Waals surface area contributed by atoms with E-state index in [1.54, 1.807) is 7.11 Å². The molecule has 2 N–H and O–H groups in total. The number of carbonyl (C=O) groups is 2. The van der Waals surface area contributed by atoms with Gasteiger partial charge in [0.25, 0.3) is 5.91 Å². The van der Waals surface area contributed by atoms with Crippen molar-refractivity contribution >= 4 is 40.6 Å². The molecule has 2 fully saturated rings. The van der Waals surface area contributed by atoms with Crippen LogP contribution in [0.1, 0.15) is 23.2 Å². The average Bonchev–Trinajstić information content (AvgIpc) is 3.76. The Morgan fingerprint density at radius 3 is 2.27 bits per heavy atom. The van der Waals surface area contributed by atoms with Gasteiger partial charge in [-0.05, 0) is 55.3 Å². The van der Waals surface area contributed by atoms with Crippen LogP contribution < -0.4 is 25.2 Å². The monoisotopic (exact) mass is 516 g/mol.